The van der Waals surface area contributed by atoms with Gasteiger partial charge in [0, 0.05) is 39.1 Å². The molecular formula is C11H14N4O. The SMILES string of the molecule is CN(C)C(=O)CCc1c[nH]c2nccnc12. The van der Waals surface area contributed by atoms with E-state index in [0.717, 1.165) is 16.7 Å². The van der Waals surface area contributed by atoms with Crippen LogP contribution in [0.4, 0.5) is 0 Å². The third-order valence-electron chi connectivity index (χ3n) is 2.49. The largest absolute Gasteiger partial charge is 0.349 e. The lowest BCUT2D eigenvalue weighted by molar-refractivity contribution is -0.128. The number of carbonyl (C=O) groups excluding carboxylic acids is 1. The molecule has 0 aliphatic rings. The molecule has 84 valence electrons. The summed E-state index contributed by atoms with van der Waals surface area (Å²) >= 11 is 0. The third-order valence-corrected chi connectivity index (χ3v) is 2.49. The number of nitrogens with zero attached hydrogens (tertiary/aromatic N) is 3. The first-order valence-electron chi connectivity index (χ1n) is 5.15. The highest BCUT2D eigenvalue weighted by Gasteiger charge is 2.09. The Kier molecular flexibility index (Phi) is 2.85. The van der Waals surface area contributed by atoms with Crippen molar-refractivity contribution in [2.45, 2.75) is 12.8 Å². The first-order valence-corrected chi connectivity index (χ1v) is 5.15. The van der Waals surface area contributed by atoms with Crippen molar-refractivity contribution in [3.8, 4) is 0 Å². The van der Waals surface area contributed by atoms with Crippen LogP contribution in [0.1, 0.15) is 12.0 Å². The molecule has 1 N–H and O–H groups in total. The van der Waals surface area contributed by atoms with E-state index in [1.54, 1.807) is 31.4 Å². The van der Waals surface area contributed by atoms with Gasteiger partial charge < -0.3 is 9.88 Å². The highest BCUT2D eigenvalue weighted by atomic mass is 16.2. The standard InChI is InChI=1S/C11H14N4O/c1-15(2)9(16)4-3-8-7-14-11-10(8)12-5-6-13-11/h5-7H,3-4H2,1-2H3,(H,13,14). The zero-order valence-electron chi connectivity index (χ0n) is 9.40. The zero-order chi connectivity index (χ0) is 11.5. The predicted octanol–water partition coefficient (Wildman–Crippen LogP) is 0.979. The second kappa shape index (κ2) is 4.30. The van der Waals surface area contributed by atoms with Gasteiger partial charge in [-0.25, -0.2) is 4.98 Å². The summed E-state index contributed by atoms with van der Waals surface area (Å²) in [6.45, 7) is 0. The number of H-pyrrole nitrogens is 1. The van der Waals surface area contributed by atoms with Crippen LogP contribution in [0.2, 0.25) is 0 Å². The number of carbonyl (C=O) groups is 1. The lowest BCUT2D eigenvalue weighted by Gasteiger charge is -2.08. The fourth-order valence-electron chi connectivity index (χ4n) is 1.56. The molecule has 2 rings (SSSR count). The molecule has 1 amide bonds. The molecule has 5 nitrogen and oxygen atoms in total. The number of amides is 1. The quantitative estimate of drug-likeness (QED) is 0.835. The van der Waals surface area contributed by atoms with Crippen molar-refractivity contribution in [1.29, 1.82) is 0 Å². The van der Waals surface area contributed by atoms with Gasteiger partial charge in [0.15, 0.2) is 5.65 Å². The van der Waals surface area contributed by atoms with Crippen molar-refractivity contribution in [3.63, 3.8) is 0 Å². The molecule has 0 aliphatic carbocycles. The summed E-state index contributed by atoms with van der Waals surface area (Å²) in [5.74, 6) is 0.123. The molecule has 0 atom stereocenters. The minimum absolute atomic E-state index is 0.123. The molecule has 5 heteroatoms. The van der Waals surface area contributed by atoms with Crippen LogP contribution in [0.3, 0.4) is 0 Å². The number of rotatable bonds is 3. The van der Waals surface area contributed by atoms with Crippen LogP contribution in [0.5, 0.6) is 0 Å². The average molecular weight is 218 g/mol. The molecule has 2 aromatic rings. The Bertz CT molecular complexity index is 503. The lowest BCUT2D eigenvalue weighted by Crippen LogP contribution is -2.21. The molecule has 0 unspecified atom stereocenters. The minimum atomic E-state index is 0.123. The number of fused-ring (bicyclic) bond motifs is 1. The second-order valence-corrected chi connectivity index (χ2v) is 3.86. The third kappa shape index (κ3) is 2.03. The fraction of sp³-hybridized carbons (Fsp3) is 0.364. The van der Waals surface area contributed by atoms with Crippen LogP contribution < -0.4 is 0 Å². The Labute approximate surface area is 93.5 Å². The second-order valence-electron chi connectivity index (χ2n) is 3.86. The van der Waals surface area contributed by atoms with E-state index in [9.17, 15) is 4.79 Å². The number of aryl methyl sites for hydroxylation is 1. The maximum Gasteiger partial charge on any atom is 0.222 e. The van der Waals surface area contributed by atoms with Crippen molar-refractivity contribution in [2.75, 3.05) is 14.1 Å². The van der Waals surface area contributed by atoms with Gasteiger partial charge in [0.25, 0.3) is 0 Å². The minimum Gasteiger partial charge on any atom is -0.349 e. The molecule has 2 heterocycles. The summed E-state index contributed by atoms with van der Waals surface area (Å²) < 4.78 is 0. The Morgan fingerprint density at radius 1 is 1.38 bits per heavy atom. The van der Waals surface area contributed by atoms with E-state index in [1.165, 1.54) is 0 Å². The van der Waals surface area contributed by atoms with Gasteiger partial charge in [0.05, 0.1) is 0 Å². The van der Waals surface area contributed by atoms with E-state index in [0.29, 0.717) is 12.8 Å². The number of hydrogen-bond acceptors (Lipinski definition) is 3. The van der Waals surface area contributed by atoms with Gasteiger partial charge in [-0.05, 0) is 12.0 Å². The topological polar surface area (TPSA) is 61.9 Å². The van der Waals surface area contributed by atoms with Crippen LogP contribution >= 0.6 is 0 Å². The van der Waals surface area contributed by atoms with Crippen LogP contribution in [-0.4, -0.2) is 39.9 Å². The molecule has 0 saturated heterocycles. The fourth-order valence-corrected chi connectivity index (χ4v) is 1.56. The molecule has 0 fully saturated rings. The summed E-state index contributed by atoms with van der Waals surface area (Å²) in [7, 11) is 3.52. The Morgan fingerprint density at radius 2 is 2.12 bits per heavy atom. The van der Waals surface area contributed by atoms with Gasteiger partial charge >= 0.3 is 0 Å². The normalized spacial score (nSPS) is 10.6. The van der Waals surface area contributed by atoms with E-state index < -0.39 is 0 Å². The summed E-state index contributed by atoms with van der Waals surface area (Å²) in [5.41, 5.74) is 2.67. The van der Waals surface area contributed by atoms with Gasteiger partial charge in [-0.1, -0.05) is 0 Å². The van der Waals surface area contributed by atoms with Crippen LogP contribution in [0, 0.1) is 0 Å². The van der Waals surface area contributed by atoms with Gasteiger partial charge in [-0.15, -0.1) is 0 Å². The Balaban J connectivity index is 2.13. The van der Waals surface area contributed by atoms with Gasteiger partial charge in [0.1, 0.15) is 5.52 Å². The molecule has 0 aliphatic heterocycles. The monoisotopic (exact) mass is 218 g/mol. The predicted molar refractivity (Wildman–Crippen MR) is 60.9 cm³/mol. The summed E-state index contributed by atoms with van der Waals surface area (Å²) in [4.78, 5) is 24.5. The van der Waals surface area contributed by atoms with Gasteiger partial charge in [0.2, 0.25) is 5.91 Å². The van der Waals surface area contributed by atoms with Gasteiger partial charge in [-0.2, -0.15) is 0 Å². The maximum atomic E-state index is 11.5. The van der Waals surface area contributed by atoms with Crippen molar-refractivity contribution < 1.29 is 4.79 Å². The molecule has 16 heavy (non-hydrogen) atoms. The van der Waals surface area contributed by atoms with Crippen LogP contribution in [0.25, 0.3) is 11.2 Å². The summed E-state index contributed by atoms with van der Waals surface area (Å²) in [6.07, 6.45) is 6.36. The molecular weight excluding hydrogens is 204 g/mol. The molecule has 2 aromatic heterocycles. The van der Waals surface area contributed by atoms with E-state index in [1.807, 2.05) is 6.20 Å². The molecule has 0 aromatic carbocycles. The molecule has 0 saturated carbocycles. The first kappa shape index (κ1) is 10.6. The average Bonchev–Trinajstić information content (AvgIpc) is 2.69. The zero-order valence-corrected chi connectivity index (χ0v) is 9.40. The molecule has 0 radical (unpaired) electrons. The van der Waals surface area contributed by atoms with Crippen molar-refractivity contribution >= 4 is 17.1 Å². The number of aromatic amines is 1. The highest BCUT2D eigenvalue weighted by Crippen LogP contribution is 2.14. The van der Waals surface area contributed by atoms with E-state index in [4.69, 9.17) is 0 Å². The number of aromatic nitrogens is 3. The summed E-state index contributed by atoms with van der Waals surface area (Å²) in [6, 6.07) is 0. The van der Waals surface area contributed by atoms with Crippen molar-refractivity contribution in [1.82, 2.24) is 19.9 Å². The lowest BCUT2D eigenvalue weighted by atomic mass is 10.1. The molecule has 0 bridgehead atoms. The Hall–Kier alpha value is -1.91. The number of hydrogen-bond donors (Lipinski definition) is 1. The molecule has 0 spiro atoms. The van der Waals surface area contributed by atoms with Gasteiger partial charge in [-0.3, -0.25) is 9.78 Å². The van der Waals surface area contributed by atoms with E-state index in [-0.39, 0.29) is 5.91 Å². The van der Waals surface area contributed by atoms with Crippen molar-refractivity contribution in [3.05, 3.63) is 24.2 Å². The maximum absolute atomic E-state index is 11.5. The summed E-state index contributed by atoms with van der Waals surface area (Å²) in [5, 5.41) is 0. The first-order chi connectivity index (χ1) is 7.68. The van der Waals surface area contributed by atoms with E-state index in [2.05, 4.69) is 15.0 Å². The smallest absolute Gasteiger partial charge is 0.222 e. The van der Waals surface area contributed by atoms with Crippen molar-refractivity contribution in [2.24, 2.45) is 0 Å². The Morgan fingerprint density at radius 3 is 2.88 bits per heavy atom. The van der Waals surface area contributed by atoms with Crippen LogP contribution in [-0.2, 0) is 11.2 Å². The highest BCUT2D eigenvalue weighted by molar-refractivity contribution is 5.78. The van der Waals surface area contributed by atoms with Crippen LogP contribution in [0.15, 0.2) is 18.6 Å². The van der Waals surface area contributed by atoms with E-state index >= 15 is 0 Å². The number of nitrogens with one attached hydrogen (secondary N) is 1.